The third-order valence-electron chi connectivity index (χ3n) is 1.63. The molecular weight excluding hydrogens is 162 g/mol. The molecule has 0 spiro atoms. The van der Waals surface area contributed by atoms with Gasteiger partial charge < -0.3 is 5.73 Å². The first-order chi connectivity index (χ1) is 6.25. The molecule has 1 aromatic rings. The van der Waals surface area contributed by atoms with Crippen LogP contribution in [0, 0.1) is 0 Å². The molecule has 0 atom stereocenters. The molecule has 0 saturated carbocycles. The second-order valence-corrected chi connectivity index (χ2v) is 2.55. The van der Waals surface area contributed by atoms with Crippen molar-refractivity contribution in [2.75, 3.05) is 0 Å². The summed E-state index contributed by atoms with van der Waals surface area (Å²) in [6.07, 6.45) is 3.16. The number of hydrogen-bond acceptors (Lipinski definition) is 1. The van der Waals surface area contributed by atoms with E-state index in [9.17, 15) is 4.79 Å². The van der Waals surface area contributed by atoms with Crippen molar-refractivity contribution >= 4 is 11.5 Å². The Balaban J connectivity index is 3.10. The van der Waals surface area contributed by atoms with Gasteiger partial charge in [-0.3, -0.25) is 4.79 Å². The molecule has 2 heteroatoms. The third-order valence-corrected chi connectivity index (χ3v) is 1.63. The molecule has 2 nitrogen and oxygen atoms in total. The Morgan fingerprint density at radius 2 is 1.92 bits per heavy atom. The topological polar surface area (TPSA) is 43.1 Å². The fraction of sp³-hybridized carbons (Fsp3) is 0. The van der Waals surface area contributed by atoms with E-state index in [0.717, 1.165) is 5.56 Å². The van der Waals surface area contributed by atoms with Gasteiger partial charge in [0.05, 0.1) is 0 Å². The van der Waals surface area contributed by atoms with Crippen LogP contribution in [0.15, 0.2) is 49.1 Å². The normalized spacial score (nSPS) is 10.9. The van der Waals surface area contributed by atoms with Crippen molar-refractivity contribution in [3.05, 3.63) is 54.6 Å². The molecule has 0 bridgehead atoms. The molecule has 0 radical (unpaired) electrons. The van der Waals surface area contributed by atoms with Crippen LogP contribution in [0.4, 0.5) is 0 Å². The summed E-state index contributed by atoms with van der Waals surface area (Å²) >= 11 is 0. The molecule has 2 N–H and O–H groups in total. The number of benzene rings is 1. The van der Waals surface area contributed by atoms with Gasteiger partial charge in [-0.25, -0.2) is 0 Å². The molecule has 0 aliphatic carbocycles. The van der Waals surface area contributed by atoms with Crippen LogP contribution in [0.25, 0.3) is 5.57 Å². The van der Waals surface area contributed by atoms with Crippen molar-refractivity contribution in [3.63, 3.8) is 0 Å². The second-order valence-electron chi connectivity index (χ2n) is 2.55. The number of amides is 1. The lowest BCUT2D eigenvalue weighted by Gasteiger charge is -2.00. The first-order valence-corrected chi connectivity index (χ1v) is 3.93. The number of rotatable bonds is 3. The standard InChI is InChI=1S/C11H11NO/c1-2-6-10(11(12)13)9-7-4-3-5-8-9/h2-8H,1H2,(H2,12,13). The van der Waals surface area contributed by atoms with Gasteiger partial charge in [0.25, 0.3) is 0 Å². The predicted octanol–water partition coefficient (Wildman–Crippen LogP) is 1.74. The minimum Gasteiger partial charge on any atom is -0.366 e. The summed E-state index contributed by atoms with van der Waals surface area (Å²) in [5.41, 5.74) is 6.50. The monoisotopic (exact) mass is 173 g/mol. The molecule has 1 aromatic carbocycles. The number of primary amides is 1. The maximum atomic E-state index is 11.0. The summed E-state index contributed by atoms with van der Waals surface area (Å²) in [5, 5.41) is 0. The predicted molar refractivity (Wildman–Crippen MR) is 53.8 cm³/mol. The first kappa shape index (κ1) is 9.26. The Bertz CT molecular complexity index is 338. The van der Waals surface area contributed by atoms with E-state index in [0.29, 0.717) is 5.57 Å². The highest BCUT2D eigenvalue weighted by Crippen LogP contribution is 2.12. The van der Waals surface area contributed by atoms with E-state index in [1.165, 1.54) is 0 Å². The van der Waals surface area contributed by atoms with Crippen LogP contribution in [-0.4, -0.2) is 5.91 Å². The van der Waals surface area contributed by atoms with Crippen molar-refractivity contribution < 1.29 is 4.79 Å². The molecule has 0 aliphatic rings. The van der Waals surface area contributed by atoms with Gasteiger partial charge in [-0.15, -0.1) is 0 Å². The average Bonchev–Trinajstić information content (AvgIpc) is 2.15. The summed E-state index contributed by atoms with van der Waals surface area (Å²) < 4.78 is 0. The molecule has 0 saturated heterocycles. The molecule has 1 rings (SSSR count). The van der Waals surface area contributed by atoms with Gasteiger partial charge >= 0.3 is 0 Å². The minimum absolute atomic E-state index is 0.439. The fourth-order valence-electron chi connectivity index (χ4n) is 1.06. The van der Waals surface area contributed by atoms with Crippen molar-refractivity contribution in [2.45, 2.75) is 0 Å². The molecule has 66 valence electrons. The fourth-order valence-corrected chi connectivity index (χ4v) is 1.06. The lowest BCUT2D eigenvalue weighted by Crippen LogP contribution is -2.12. The lowest BCUT2D eigenvalue weighted by molar-refractivity contribution is -0.112. The number of carbonyl (C=O) groups excluding carboxylic acids is 1. The van der Waals surface area contributed by atoms with Gasteiger partial charge in [-0.1, -0.05) is 43.0 Å². The highest BCUT2D eigenvalue weighted by Gasteiger charge is 2.04. The zero-order valence-electron chi connectivity index (χ0n) is 7.23. The smallest absolute Gasteiger partial charge is 0.249 e. The number of allylic oxidation sites excluding steroid dienone is 2. The van der Waals surface area contributed by atoms with E-state index < -0.39 is 5.91 Å². The maximum absolute atomic E-state index is 11.0. The summed E-state index contributed by atoms with van der Waals surface area (Å²) in [6, 6.07) is 9.26. The SMILES string of the molecule is C=CC=C(C(N)=O)c1ccccc1. The minimum atomic E-state index is -0.439. The Morgan fingerprint density at radius 1 is 1.31 bits per heavy atom. The summed E-state index contributed by atoms with van der Waals surface area (Å²) in [7, 11) is 0. The third kappa shape index (κ3) is 2.30. The van der Waals surface area contributed by atoms with E-state index in [2.05, 4.69) is 6.58 Å². The molecular formula is C11H11NO. The molecule has 0 aromatic heterocycles. The Kier molecular flexibility index (Phi) is 3.03. The summed E-state index contributed by atoms with van der Waals surface area (Å²) in [4.78, 5) is 11.0. The molecule has 0 unspecified atom stereocenters. The van der Waals surface area contributed by atoms with Crippen molar-refractivity contribution in [1.29, 1.82) is 0 Å². The van der Waals surface area contributed by atoms with Gasteiger partial charge in [0, 0.05) is 5.57 Å². The van der Waals surface area contributed by atoms with Crippen LogP contribution in [0.1, 0.15) is 5.56 Å². The van der Waals surface area contributed by atoms with Crippen molar-refractivity contribution in [3.8, 4) is 0 Å². The molecule has 1 amide bonds. The highest BCUT2D eigenvalue weighted by atomic mass is 16.1. The zero-order chi connectivity index (χ0) is 9.68. The number of nitrogens with two attached hydrogens (primary N) is 1. The van der Waals surface area contributed by atoms with Gasteiger partial charge in [-0.2, -0.15) is 0 Å². The molecule has 0 heterocycles. The van der Waals surface area contributed by atoms with Crippen molar-refractivity contribution in [1.82, 2.24) is 0 Å². The van der Waals surface area contributed by atoms with Crippen LogP contribution >= 0.6 is 0 Å². The van der Waals surface area contributed by atoms with Gasteiger partial charge in [0.15, 0.2) is 0 Å². The molecule has 0 fully saturated rings. The Morgan fingerprint density at radius 3 is 2.38 bits per heavy atom. The van der Waals surface area contributed by atoms with Gasteiger partial charge in [0.1, 0.15) is 0 Å². The van der Waals surface area contributed by atoms with E-state index in [4.69, 9.17) is 5.73 Å². The van der Waals surface area contributed by atoms with E-state index >= 15 is 0 Å². The Hall–Kier alpha value is -1.83. The van der Waals surface area contributed by atoms with E-state index in [1.807, 2.05) is 30.3 Å². The quantitative estimate of drug-likeness (QED) is 0.549. The van der Waals surface area contributed by atoms with E-state index in [-0.39, 0.29) is 0 Å². The summed E-state index contributed by atoms with van der Waals surface area (Å²) in [6.45, 7) is 3.52. The number of hydrogen-bond donors (Lipinski definition) is 1. The molecule has 13 heavy (non-hydrogen) atoms. The van der Waals surface area contributed by atoms with Crippen LogP contribution in [0.5, 0.6) is 0 Å². The van der Waals surface area contributed by atoms with Crippen LogP contribution in [0.2, 0.25) is 0 Å². The van der Waals surface area contributed by atoms with E-state index in [1.54, 1.807) is 12.2 Å². The molecule has 0 aliphatic heterocycles. The largest absolute Gasteiger partial charge is 0.366 e. The zero-order valence-corrected chi connectivity index (χ0v) is 7.23. The van der Waals surface area contributed by atoms with Crippen LogP contribution < -0.4 is 5.73 Å². The average molecular weight is 173 g/mol. The summed E-state index contributed by atoms with van der Waals surface area (Å²) in [5.74, 6) is -0.439. The second kappa shape index (κ2) is 4.26. The Labute approximate surface area is 77.4 Å². The van der Waals surface area contributed by atoms with Crippen LogP contribution in [0.3, 0.4) is 0 Å². The number of carbonyl (C=O) groups is 1. The lowest BCUT2D eigenvalue weighted by atomic mass is 10.1. The first-order valence-electron chi connectivity index (χ1n) is 3.93. The maximum Gasteiger partial charge on any atom is 0.249 e. The highest BCUT2D eigenvalue weighted by molar-refractivity contribution is 6.18. The van der Waals surface area contributed by atoms with Gasteiger partial charge in [0.2, 0.25) is 5.91 Å². The van der Waals surface area contributed by atoms with Gasteiger partial charge in [-0.05, 0) is 11.6 Å². The van der Waals surface area contributed by atoms with Crippen LogP contribution in [-0.2, 0) is 4.79 Å². The van der Waals surface area contributed by atoms with Crippen molar-refractivity contribution in [2.24, 2.45) is 5.73 Å².